The van der Waals surface area contributed by atoms with E-state index in [0.717, 1.165) is 6.21 Å². The number of rotatable bonds is 4. The quantitative estimate of drug-likeness (QED) is 0.390. The average molecular weight is 147 g/mol. The fraction of sp³-hybridized carbons (Fsp3) is 0.833. The second kappa shape index (κ2) is 4.38. The molecule has 0 aromatic heterocycles. The Kier molecular flexibility index (Phi) is 4.18. The van der Waals surface area contributed by atoms with Crippen molar-refractivity contribution in [3.8, 4) is 0 Å². The van der Waals surface area contributed by atoms with Gasteiger partial charge in [-0.2, -0.15) is 0 Å². The van der Waals surface area contributed by atoms with E-state index >= 15 is 0 Å². The molecule has 0 fully saturated rings. The lowest BCUT2D eigenvalue weighted by atomic mass is 10.1. The first-order chi connectivity index (χ1) is 4.57. The molecule has 0 rings (SSSR count). The van der Waals surface area contributed by atoms with Crippen LogP contribution >= 0.6 is 0 Å². The third-order valence-corrected chi connectivity index (χ3v) is 1.15. The maximum absolute atomic E-state index is 8.93. The highest BCUT2D eigenvalue weighted by Gasteiger charge is 2.14. The molecule has 10 heavy (non-hydrogen) atoms. The molecular weight excluding hydrogens is 134 g/mol. The molecule has 0 heterocycles. The Morgan fingerprint density at radius 2 is 1.90 bits per heavy atom. The van der Waals surface area contributed by atoms with Crippen LogP contribution in [0.25, 0.3) is 0 Å². The SMILES string of the molecule is CC(O)CC(O)C(O)C=N. The van der Waals surface area contributed by atoms with Gasteiger partial charge in [-0.1, -0.05) is 0 Å². The van der Waals surface area contributed by atoms with Gasteiger partial charge in [0, 0.05) is 12.6 Å². The van der Waals surface area contributed by atoms with Gasteiger partial charge in [-0.15, -0.1) is 0 Å². The Hall–Kier alpha value is -0.450. The third-order valence-electron chi connectivity index (χ3n) is 1.15. The number of hydrogen-bond acceptors (Lipinski definition) is 4. The largest absolute Gasteiger partial charge is 0.393 e. The first-order valence-electron chi connectivity index (χ1n) is 3.12. The summed E-state index contributed by atoms with van der Waals surface area (Å²) in [5, 5.41) is 33.0. The van der Waals surface area contributed by atoms with Crippen LogP contribution in [-0.2, 0) is 0 Å². The van der Waals surface area contributed by atoms with Crippen LogP contribution in [-0.4, -0.2) is 39.8 Å². The molecule has 0 spiro atoms. The average Bonchev–Trinajstić information content (AvgIpc) is 1.85. The number of aliphatic hydroxyl groups is 3. The van der Waals surface area contributed by atoms with E-state index in [1.165, 1.54) is 6.92 Å². The summed E-state index contributed by atoms with van der Waals surface area (Å²) in [5.74, 6) is 0. The van der Waals surface area contributed by atoms with E-state index in [1.807, 2.05) is 0 Å². The Morgan fingerprint density at radius 1 is 1.40 bits per heavy atom. The lowest BCUT2D eigenvalue weighted by Crippen LogP contribution is -2.29. The van der Waals surface area contributed by atoms with Gasteiger partial charge in [0.05, 0.1) is 12.2 Å². The molecule has 4 nitrogen and oxygen atoms in total. The van der Waals surface area contributed by atoms with Crippen LogP contribution < -0.4 is 0 Å². The summed E-state index contributed by atoms with van der Waals surface area (Å²) in [6.07, 6.45) is -2.00. The van der Waals surface area contributed by atoms with Gasteiger partial charge in [0.25, 0.3) is 0 Å². The van der Waals surface area contributed by atoms with Crippen LogP contribution in [0.1, 0.15) is 13.3 Å². The minimum absolute atomic E-state index is 0.0938. The summed E-state index contributed by atoms with van der Waals surface area (Å²) in [7, 11) is 0. The summed E-state index contributed by atoms with van der Waals surface area (Å²) in [4.78, 5) is 0. The van der Waals surface area contributed by atoms with Crippen LogP contribution in [0.5, 0.6) is 0 Å². The van der Waals surface area contributed by atoms with Gasteiger partial charge in [0.1, 0.15) is 6.10 Å². The summed E-state index contributed by atoms with van der Waals surface area (Å²) >= 11 is 0. The number of hydrogen-bond donors (Lipinski definition) is 4. The second-order valence-corrected chi connectivity index (χ2v) is 2.31. The molecule has 0 aromatic carbocycles. The van der Waals surface area contributed by atoms with Crippen molar-refractivity contribution in [2.75, 3.05) is 0 Å². The zero-order chi connectivity index (χ0) is 8.15. The predicted molar refractivity (Wildman–Crippen MR) is 37.1 cm³/mol. The van der Waals surface area contributed by atoms with E-state index in [4.69, 9.17) is 20.7 Å². The predicted octanol–water partition coefficient (Wildman–Crippen LogP) is -0.871. The third kappa shape index (κ3) is 3.55. The van der Waals surface area contributed by atoms with E-state index in [-0.39, 0.29) is 6.42 Å². The summed E-state index contributed by atoms with van der Waals surface area (Å²) in [5.41, 5.74) is 0. The van der Waals surface area contributed by atoms with Gasteiger partial charge in [-0.25, -0.2) is 0 Å². The maximum atomic E-state index is 8.93. The summed E-state index contributed by atoms with van der Waals surface area (Å²) < 4.78 is 0. The second-order valence-electron chi connectivity index (χ2n) is 2.31. The van der Waals surface area contributed by atoms with Crippen molar-refractivity contribution in [2.45, 2.75) is 31.7 Å². The van der Waals surface area contributed by atoms with E-state index in [1.54, 1.807) is 0 Å². The number of nitrogens with one attached hydrogen (secondary N) is 1. The van der Waals surface area contributed by atoms with Gasteiger partial charge < -0.3 is 20.7 Å². The minimum Gasteiger partial charge on any atom is -0.393 e. The Labute approximate surface area is 59.6 Å². The normalized spacial score (nSPS) is 19.6. The van der Waals surface area contributed by atoms with E-state index < -0.39 is 18.3 Å². The molecule has 0 amide bonds. The van der Waals surface area contributed by atoms with Crippen LogP contribution in [0, 0.1) is 5.41 Å². The van der Waals surface area contributed by atoms with Crippen molar-refractivity contribution in [1.82, 2.24) is 0 Å². The molecular formula is C6H13NO3. The van der Waals surface area contributed by atoms with Gasteiger partial charge in [0.2, 0.25) is 0 Å². The van der Waals surface area contributed by atoms with E-state index in [9.17, 15) is 0 Å². The molecule has 3 atom stereocenters. The highest BCUT2D eigenvalue weighted by molar-refractivity contribution is 5.59. The number of aliphatic hydroxyl groups excluding tert-OH is 3. The topological polar surface area (TPSA) is 84.5 Å². The van der Waals surface area contributed by atoms with Crippen LogP contribution in [0.4, 0.5) is 0 Å². The van der Waals surface area contributed by atoms with Crippen molar-refractivity contribution in [1.29, 1.82) is 5.41 Å². The molecule has 0 aliphatic carbocycles. The van der Waals surface area contributed by atoms with Gasteiger partial charge in [-0.3, -0.25) is 0 Å². The zero-order valence-electron chi connectivity index (χ0n) is 5.86. The molecule has 4 N–H and O–H groups in total. The fourth-order valence-electron chi connectivity index (χ4n) is 0.600. The molecule has 0 saturated heterocycles. The molecule has 0 aliphatic rings. The monoisotopic (exact) mass is 147 g/mol. The Balaban J connectivity index is 3.60. The van der Waals surface area contributed by atoms with Gasteiger partial charge >= 0.3 is 0 Å². The maximum Gasteiger partial charge on any atom is 0.114 e. The Morgan fingerprint density at radius 3 is 2.20 bits per heavy atom. The molecule has 0 bridgehead atoms. The summed E-state index contributed by atoms with van der Waals surface area (Å²) in [6.45, 7) is 1.51. The minimum atomic E-state index is -1.16. The van der Waals surface area contributed by atoms with Crippen LogP contribution in [0.3, 0.4) is 0 Å². The molecule has 4 heteroatoms. The lowest BCUT2D eigenvalue weighted by molar-refractivity contribution is 0.0246. The smallest absolute Gasteiger partial charge is 0.114 e. The van der Waals surface area contributed by atoms with E-state index in [0.29, 0.717) is 0 Å². The van der Waals surface area contributed by atoms with Gasteiger partial charge in [0.15, 0.2) is 0 Å². The highest BCUT2D eigenvalue weighted by atomic mass is 16.3. The molecule has 60 valence electrons. The first-order valence-corrected chi connectivity index (χ1v) is 3.12. The van der Waals surface area contributed by atoms with E-state index in [2.05, 4.69) is 0 Å². The van der Waals surface area contributed by atoms with Crippen molar-refractivity contribution >= 4 is 6.21 Å². The van der Waals surface area contributed by atoms with Crippen LogP contribution in [0.2, 0.25) is 0 Å². The van der Waals surface area contributed by atoms with Crippen LogP contribution in [0.15, 0.2) is 0 Å². The van der Waals surface area contributed by atoms with Crippen molar-refractivity contribution in [3.63, 3.8) is 0 Å². The van der Waals surface area contributed by atoms with Gasteiger partial charge in [-0.05, 0) is 6.92 Å². The Bertz CT molecular complexity index is 105. The van der Waals surface area contributed by atoms with Crippen molar-refractivity contribution < 1.29 is 15.3 Å². The molecule has 0 saturated carbocycles. The zero-order valence-corrected chi connectivity index (χ0v) is 5.86. The lowest BCUT2D eigenvalue weighted by Gasteiger charge is -2.14. The van der Waals surface area contributed by atoms with Crippen molar-refractivity contribution in [2.24, 2.45) is 0 Å². The summed E-state index contributed by atoms with van der Waals surface area (Å²) in [6, 6.07) is 0. The molecule has 3 unspecified atom stereocenters. The molecule has 0 aromatic rings. The standard InChI is InChI=1S/C6H13NO3/c1-4(8)2-5(9)6(10)3-7/h3-10H,2H2,1H3. The van der Waals surface area contributed by atoms with Crippen molar-refractivity contribution in [3.05, 3.63) is 0 Å². The first kappa shape index (κ1) is 9.55. The fourth-order valence-corrected chi connectivity index (χ4v) is 0.600. The molecule has 0 radical (unpaired) electrons. The molecule has 0 aliphatic heterocycles. The highest BCUT2D eigenvalue weighted by Crippen LogP contribution is 2.00.